The fourth-order valence-electron chi connectivity index (χ4n) is 0.698. The third-order valence-corrected chi connectivity index (χ3v) is 1.80. The predicted octanol–water partition coefficient (Wildman–Crippen LogP) is 0.361. The van der Waals surface area contributed by atoms with Gasteiger partial charge in [-0.3, -0.25) is 19.2 Å². The normalized spacial score (nSPS) is 11.9. The van der Waals surface area contributed by atoms with Crippen molar-refractivity contribution in [1.29, 1.82) is 0 Å². The summed E-state index contributed by atoms with van der Waals surface area (Å²) in [5.41, 5.74) is 0. The minimum absolute atomic E-state index is 0. The van der Waals surface area contributed by atoms with Crippen LogP contribution in [0, 0.1) is 11.8 Å². The van der Waals surface area contributed by atoms with Crippen LogP contribution in [0.5, 0.6) is 0 Å². The molecule has 2 unspecified atom stereocenters. The Bertz CT molecular complexity index is 295. The maximum absolute atomic E-state index is 9.97. The van der Waals surface area contributed by atoms with E-state index in [0.29, 0.717) is 0 Å². The number of carboxylic acid groups (broad SMARTS) is 4. The van der Waals surface area contributed by atoms with Gasteiger partial charge in [0.15, 0.2) is 0 Å². The molecule has 0 aliphatic carbocycles. The first-order chi connectivity index (χ1) is 8.07. The Morgan fingerprint density at radius 1 is 0.737 bits per heavy atom. The molecule has 0 saturated carbocycles. The summed E-state index contributed by atoms with van der Waals surface area (Å²) in [5, 5.41) is 32.5. The van der Waals surface area contributed by atoms with Gasteiger partial charge in [0.25, 0.3) is 0 Å². The van der Waals surface area contributed by atoms with Crippen LogP contribution in [0.3, 0.4) is 0 Å². The summed E-state index contributed by atoms with van der Waals surface area (Å²) in [4.78, 5) is 39.6. The predicted molar refractivity (Wildman–Crippen MR) is 58.1 cm³/mol. The molecule has 0 fully saturated rings. The van der Waals surface area contributed by atoms with E-state index in [1.165, 1.54) is 13.8 Å². The largest absolute Gasteiger partial charge is 0.481 e. The van der Waals surface area contributed by atoms with Gasteiger partial charge < -0.3 is 20.4 Å². The van der Waals surface area contributed by atoms with Crippen LogP contribution in [0.4, 0.5) is 0 Å². The van der Waals surface area contributed by atoms with Gasteiger partial charge in [-0.1, -0.05) is 13.8 Å². The summed E-state index contributed by atoms with van der Waals surface area (Å²) in [6.45, 7) is 2.72. The molecule has 0 rings (SSSR count). The zero-order valence-corrected chi connectivity index (χ0v) is 12.1. The van der Waals surface area contributed by atoms with Crippen molar-refractivity contribution in [3.05, 3.63) is 0 Å². The Kier molecular flexibility index (Phi) is 14.0. The number of aliphatic carboxylic acids is 4. The van der Waals surface area contributed by atoms with E-state index >= 15 is 0 Å². The van der Waals surface area contributed by atoms with Crippen molar-refractivity contribution in [2.24, 2.45) is 11.8 Å². The molecular weight excluding hydrogens is 296 g/mol. The van der Waals surface area contributed by atoms with Gasteiger partial charge in [-0.2, -0.15) is 0 Å². The van der Waals surface area contributed by atoms with E-state index in [4.69, 9.17) is 20.4 Å². The average Bonchev–Trinajstić information content (AvgIpc) is 2.16. The topological polar surface area (TPSA) is 149 Å². The molecule has 0 aromatic heterocycles. The zero-order chi connectivity index (χ0) is 14.9. The molecule has 0 saturated heterocycles. The first-order valence-corrected chi connectivity index (χ1v) is 4.97. The number of carboxylic acids is 4. The molecule has 108 valence electrons. The quantitative estimate of drug-likeness (QED) is 0.513. The molecule has 0 amide bonds. The third kappa shape index (κ3) is 16.6. The third-order valence-electron chi connectivity index (χ3n) is 1.80. The Hall–Kier alpha value is -1.41. The van der Waals surface area contributed by atoms with Crippen LogP contribution in [-0.4, -0.2) is 44.3 Å². The molecule has 2 atom stereocenters. The van der Waals surface area contributed by atoms with Gasteiger partial charge in [0.05, 0.1) is 24.7 Å². The SMILES string of the molecule is CC(CC(=O)O)C(=O)O.CC(CC(=O)O)C(=O)O.[Ti]. The summed E-state index contributed by atoms with van der Waals surface area (Å²) < 4.78 is 0. The van der Waals surface area contributed by atoms with Crippen molar-refractivity contribution >= 4 is 23.9 Å². The molecule has 19 heavy (non-hydrogen) atoms. The van der Waals surface area contributed by atoms with E-state index < -0.39 is 35.7 Å². The van der Waals surface area contributed by atoms with Gasteiger partial charge >= 0.3 is 23.9 Å². The van der Waals surface area contributed by atoms with Crippen LogP contribution in [0.2, 0.25) is 0 Å². The van der Waals surface area contributed by atoms with Crippen LogP contribution < -0.4 is 0 Å². The van der Waals surface area contributed by atoms with Gasteiger partial charge in [-0.15, -0.1) is 0 Å². The van der Waals surface area contributed by atoms with Crippen LogP contribution in [0.25, 0.3) is 0 Å². The number of hydrogen-bond donors (Lipinski definition) is 4. The van der Waals surface area contributed by atoms with Crippen LogP contribution in [-0.2, 0) is 40.9 Å². The number of rotatable bonds is 6. The average molecular weight is 312 g/mol. The molecule has 9 heteroatoms. The molecule has 0 aromatic rings. The molecule has 0 heterocycles. The Morgan fingerprint density at radius 3 is 1.00 bits per heavy atom. The Labute approximate surface area is 124 Å². The second-order valence-corrected chi connectivity index (χ2v) is 3.67. The summed E-state index contributed by atoms with van der Waals surface area (Å²) in [6, 6.07) is 0. The van der Waals surface area contributed by atoms with Crippen molar-refractivity contribution in [2.75, 3.05) is 0 Å². The van der Waals surface area contributed by atoms with E-state index in [1.807, 2.05) is 0 Å². The van der Waals surface area contributed by atoms with E-state index in [9.17, 15) is 19.2 Å². The molecule has 4 N–H and O–H groups in total. The molecule has 8 nitrogen and oxygen atoms in total. The van der Waals surface area contributed by atoms with Crippen molar-refractivity contribution in [2.45, 2.75) is 26.7 Å². The number of hydrogen-bond acceptors (Lipinski definition) is 4. The van der Waals surface area contributed by atoms with Gasteiger partial charge in [-0.05, 0) is 0 Å². The Morgan fingerprint density at radius 2 is 0.947 bits per heavy atom. The van der Waals surface area contributed by atoms with Crippen molar-refractivity contribution in [1.82, 2.24) is 0 Å². The zero-order valence-electron chi connectivity index (χ0n) is 10.5. The van der Waals surface area contributed by atoms with E-state index in [-0.39, 0.29) is 34.6 Å². The second kappa shape index (κ2) is 11.7. The van der Waals surface area contributed by atoms with Crippen molar-refractivity contribution in [3.63, 3.8) is 0 Å². The number of carbonyl (C=O) groups is 4. The molecule has 0 radical (unpaired) electrons. The molecule has 0 bridgehead atoms. The van der Waals surface area contributed by atoms with Gasteiger partial charge in [0.1, 0.15) is 0 Å². The summed E-state index contributed by atoms with van der Waals surface area (Å²) >= 11 is 0. The van der Waals surface area contributed by atoms with E-state index in [1.54, 1.807) is 0 Å². The fourth-order valence-corrected chi connectivity index (χ4v) is 0.698. The van der Waals surface area contributed by atoms with Crippen LogP contribution >= 0.6 is 0 Å². The molecule has 0 aromatic carbocycles. The van der Waals surface area contributed by atoms with E-state index in [0.717, 1.165) is 0 Å². The second-order valence-electron chi connectivity index (χ2n) is 3.67. The van der Waals surface area contributed by atoms with Gasteiger partial charge in [-0.25, -0.2) is 0 Å². The standard InChI is InChI=1S/2C5H8O4.Ti/c2*1-3(5(8)9)2-4(6)7;/h2*3H,2H2,1H3,(H,6,7)(H,8,9);. The van der Waals surface area contributed by atoms with Crippen molar-refractivity contribution in [3.8, 4) is 0 Å². The molecule has 0 aliphatic rings. The van der Waals surface area contributed by atoms with Crippen molar-refractivity contribution < 1.29 is 61.3 Å². The first-order valence-electron chi connectivity index (χ1n) is 4.97. The summed E-state index contributed by atoms with van der Waals surface area (Å²) in [7, 11) is 0. The molecular formula is C10H16O8Ti. The minimum atomic E-state index is -1.08. The monoisotopic (exact) mass is 312 g/mol. The maximum atomic E-state index is 9.97. The summed E-state index contributed by atoms with van der Waals surface area (Å²) in [5.74, 6) is -5.88. The maximum Gasteiger partial charge on any atom is 0.306 e. The fraction of sp³-hybridized carbons (Fsp3) is 0.600. The summed E-state index contributed by atoms with van der Waals surface area (Å²) in [6.07, 6.45) is -0.620. The molecule has 0 aliphatic heterocycles. The first kappa shape index (κ1) is 22.7. The van der Waals surface area contributed by atoms with Crippen LogP contribution in [0.1, 0.15) is 26.7 Å². The minimum Gasteiger partial charge on any atom is -0.481 e. The van der Waals surface area contributed by atoms with Gasteiger partial charge in [0, 0.05) is 21.7 Å². The molecule has 0 spiro atoms. The Balaban J connectivity index is -0.000000256. The van der Waals surface area contributed by atoms with Crippen LogP contribution in [0.15, 0.2) is 0 Å². The smallest absolute Gasteiger partial charge is 0.306 e. The van der Waals surface area contributed by atoms with E-state index in [2.05, 4.69) is 0 Å². The van der Waals surface area contributed by atoms with Gasteiger partial charge in [0.2, 0.25) is 0 Å².